The molecule has 0 aromatic rings. The molecule has 0 aliphatic carbocycles. The second-order valence-corrected chi connectivity index (χ2v) is 4.66. The molecule has 0 saturated carbocycles. The van der Waals surface area contributed by atoms with E-state index >= 15 is 0 Å². The summed E-state index contributed by atoms with van der Waals surface area (Å²) in [5.41, 5.74) is 2.82. The Morgan fingerprint density at radius 2 is 1.92 bits per heavy atom. The van der Waals surface area contributed by atoms with Gasteiger partial charge in [-0.2, -0.15) is 0 Å². The molecule has 70 valence electrons. The summed E-state index contributed by atoms with van der Waals surface area (Å²) < 4.78 is 0. The first kappa shape index (κ1) is 12.0. The number of rotatable bonds is 5. The Morgan fingerprint density at radius 1 is 1.25 bits per heavy atom. The molecule has 2 heteroatoms. The van der Waals surface area contributed by atoms with Gasteiger partial charge in [-0.3, -0.25) is 0 Å². The molecule has 0 spiro atoms. The van der Waals surface area contributed by atoms with Crippen molar-refractivity contribution in [3.63, 3.8) is 0 Å². The Balaban J connectivity index is 3.62. The van der Waals surface area contributed by atoms with Crippen LogP contribution in [0.25, 0.3) is 0 Å². The molecule has 0 unspecified atom stereocenters. The van der Waals surface area contributed by atoms with E-state index in [0.717, 1.165) is 29.4 Å². The van der Waals surface area contributed by atoms with Crippen LogP contribution in [-0.4, -0.2) is 28.2 Å². The quantitative estimate of drug-likeness (QED) is 0.558. The second-order valence-electron chi connectivity index (χ2n) is 3.18. The van der Waals surface area contributed by atoms with Gasteiger partial charge in [-0.05, 0) is 0 Å². The van der Waals surface area contributed by atoms with Gasteiger partial charge < -0.3 is 0 Å². The van der Waals surface area contributed by atoms with Crippen molar-refractivity contribution in [1.82, 2.24) is 0 Å². The van der Waals surface area contributed by atoms with E-state index in [1.807, 2.05) is 6.08 Å². The van der Waals surface area contributed by atoms with Gasteiger partial charge in [0.05, 0.1) is 0 Å². The fraction of sp³-hybridized carbons (Fsp3) is 0.600. The molecule has 0 aromatic carbocycles. The molecule has 1 nitrogen and oxygen atoms in total. The molecule has 0 amide bonds. The number of hydrogen-bond donors (Lipinski definition) is 1. The Morgan fingerprint density at radius 3 is 2.42 bits per heavy atom. The fourth-order valence-corrected chi connectivity index (χ4v) is 1.55. The number of aliphatic hydroxyl groups is 1. The van der Waals surface area contributed by atoms with Crippen LogP contribution in [0.3, 0.4) is 0 Å². The number of hydrogen-bond acceptors (Lipinski definition) is 1. The standard InChI is InChI=1S/C10H20GeO/c1-9(6-7-12)4-3-5-10(2)8-11/h5-6,12H,3-4,7-8H2,1-2,11H3/b9-6+,10-5?. The van der Waals surface area contributed by atoms with E-state index < -0.39 is 0 Å². The van der Waals surface area contributed by atoms with E-state index in [4.69, 9.17) is 5.11 Å². The molecule has 1 N–H and O–H groups in total. The molecular weight excluding hydrogens is 209 g/mol. The molecule has 0 heterocycles. The summed E-state index contributed by atoms with van der Waals surface area (Å²) in [7, 11) is 0. The minimum atomic E-state index is 0.178. The zero-order valence-corrected chi connectivity index (χ0v) is 12.6. The normalized spacial score (nSPS) is 13.9. The Hall–Kier alpha value is -0.0171. The van der Waals surface area contributed by atoms with E-state index in [-0.39, 0.29) is 6.61 Å². The Kier molecular flexibility index (Phi) is 7.61. The summed E-state index contributed by atoms with van der Waals surface area (Å²) in [4.78, 5) is 0. The average Bonchev–Trinajstić information content (AvgIpc) is 2.04. The van der Waals surface area contributed by atoms with Crippen molar-refractivity contribution in [3.05, 3.63) is 23.3 Å². The monoisotopic (exact) mass is 230 g/mol. The molecule has 0 aliphatic rings. The minimum absolute atomic E-state index is 0.178. The topological polar surface area (TPSA) is 20.2 Å². The van der Waals surface area contributed by atoms with Gasteiger partial charge in [0, 0.05) is 0 Å². The molecule has 0 saturated heterocycles. The molecule has 0 fully saturated rings. The van der Waals surface area contributed by atoms with E-state index in [2.05, 4.69) is 19.9 Å². The van der Waals surface area contributed by atoms with Crippen molar-refractivity contribution in [2.45, 2.75) is 31.9 Å². The zero-order chi connectivity index (χ0) is 9.40. The predicted octanol–water partition coefficient (Wildman–Crippen LogP) is 1.44. The maximum absolute atomic E-state index is 8.61. The third-order valence-corrected chi connectivity index (χ3v) is 4.37. The average molecular weight is 229 g/mol. The van der Waals surface area contributed by atoms with Crippen molar-refractivity contribution in [3.8, 4) is 0 Å². The van der Waals surface area contributed by atoms with Gasteiger partial charge in [0.25, 0.3) is 0 Å². The number of allylic oxidation sites excluding steroid dienone is 3. The summed E-state index contributed by atoms with van der Waals surface area (Å²) >= 11 is 0.948. The van der Waals surface area contributed by atoms with E-state index in [0.29, 0.717) is 0 Å². The number of aliphatic hydroxyl groups excluding tert-OH is 1. The first-order valence-electron chi connectivity index (χ1n) is 4.62. The van der Waals surface area contributed by atoms with Crippen molar-refractivity contribution in [2.24, 2.45) is 0 Å². The van der Waals surface area contributed by atoms with E-state index in [9.17, 15) is 0 Å². The molecule has 0 aromatic heterocycles. The maximum atomic E-state index is 8.61. The van der Waals surface area contributed by atoms with Crippen LogP contribution < -0.4 is 0 Å². The van der Waals surface area contributed by atoms with Crippen molar-refractivity contribution in [2.75, 3.05) is 6.61 Å². The van der Waals surface area contributed by atoms with Crippen LogP contribution in [0.15, 0.2) is 23.3 Å². The van der Waals surface area contributed by atoms with Crippen molar-refractivity contribution >= 4 is 16.5 Å². The van der Waals surface area contributed by atoms with Crippen LogP contribution in [0.5, 0.6) is 0 Å². The summed E-state index contributed by atoms with van der Waals surface area (Å²) in [6.45, 7) is 4.46. The van der Waals surface area contributed by atoms with Crippen LogP contribution in [0.1, 0.15) is 26.7 Å². The van der Waals surface area contributed by atoms with Gasteiger partial charge in [-0.1, -0.05) is 0 Å². The van der Waals surface area contributed by atoms with Crippen molar-refractivity contribution < 1.29 is 5.11 Å². The predicted molar refractivity (Wildman–Crippen MR) is 58.6 cm³/mol. The molecular formula is C10H20GeO. The summed E-state index contributed by atoms with van der Waals surface area (Å²) in [5.74, 6) is 0. The van der Waals surface area contributed by atoms with Crippen LogP contribution in [0.2, 0.25) is 5.25 Å². The van der Waals surface area contributed by atoms with Gasteiger partial charge in [0.15, 0.2) is 0 Å². The molecule has 0 atom stereocenters. The Labute approximate surface area is 83.8 Å². The Bertz CT molecular complexity index is 171. The fourth-order valence-electron chi connectivity index (χ4n) is 0.948. The van der Waals surface area contributed by atoms with Crippen LogP contribution in [-0.2, 0) is 0 Å². The van der Waals surface area contributed by atoms with Crippen molar-refractivity contribution in [1.29, 1.82) is 0 Å². The summed E-state index contributed by atoms with van der Waals surface area (Å²) in [6.07, 6.45) is 6.42. The molecule has 0 aliphatic heterocycles. The first-order valence-corrected chi connectivity index (χ1v) is 7.59. The summed E-state index contributed by atoms with van der Waals surface area (Å²) in [5, 5.41) is 9.94. The summed E-state index contributed by atoms with van der Waals surface area (Å²) in [6, 6.07) is 0. The zero-order valence-electron chi connectivity index (χ0n) is 8.43. The van der Waals surface area contributed by atoms with Gasteiger partial charge in [-0.15, -0.1) is 0 Å². The third-order valence-electron chi connectivity index (χ3n) is 2.03. The second kappa shape index (κ2) is 7.62. The molecule has 12 heavy (non-hydrogen) atoms. The van der Waals surface area contributed by atoms with Gasteiger partial charge in [0.2, 0.25) is 0 Å². The van der Waals surface area contributed by atoms with Crippen LogP contribution in [0, 0.1) is 0 Å². The SMILES string of the molecule is CC(=CCC/C(C)=C/CO)[CH2][GeH3]. The third kappa shape index (κ3) is 6.68. The van der Waals surface area contributed by atoms with Gasteiger partial charge in [-0.25, -0.2) is 0 Å². The molecule has 0 bridgehead atoms. The van der Waals surface area contributed by atoms with Gasteiger partial charge >= 0.3 is 83.5 Å². The molecule has 0 rings (SSSR count). The van der Waals surface area contributed by atoms with E-state index in [1.54, 1.807) is 0 Å². The molecule has 0 radical (unpaired) electrons. The van der Waals surface area contributed by atoms with Gasteiger partial charge in [0.1, 0.15) is 0 Å². The van der Waals surface area contributed by atoms with Crippen LogP contribution in [0.4, 0.5) is 0 Å². The first-order chi connectivity index (χ1) is 5.70. The van der Waals surface area contributed by atoms with E-state index in [1.165, 1.54) is 16.4 Å². The van der Waals surface area contributed by atoms with Crippen LogP contribution >= 0.6 is 0 Å².